The summed E-state index contributed by atoms with van der Waals surface area (Å²) >= 11 is 11.1. The van der Waals surface area contributed by atoms with Crippen LogP contribution < -0.4 is 5.32 Å². The summed E-state index contributed by atoms with van der Waals surface area (Å²) in [6, 6.07) is -0.172. The van der Waals surface area contributed by atoms with Crippen LogP contribution >= 0.6 is 23.2 Å². The Kier molecular flexibility index (Phi) is 2.86. The van der Waals surface area contributed by atoms with Gasteiger partial charge in [-0.3, -0.25) is 4.79 Å². The van der Waals surface area contributed by atoms with E-state index in [4.69, 9.17) is 28.3 Å². The average molecular weight is 212 g/mol. The fourth-order valence-electron chi connectivity index (χ4n) is 0.946. The summed E-state index contributed by atoms with van der Waals surface area (Å²) in [6.45, 7) is 1.40. The van der Waals surface area contributed by atoms with E-state index in [1.54, 1.807) is 0 Å². The zero-order valence-corrected chi connectivity index (χ0v) is 8.19. The molecule has 0 aromatic heterocycles. The molecule has 1 fully saturated rings. The van der Waals surface area contributed by atoms with Crippen molar-refractivity contribution in [3.63, 3.8) is 0 Å². The largest absolute Gasteiger partial charge is 0.391 e. The summed E-state index contributed by atoms with van der Waals surface area (Å²) in [5.74, 6) is -0.449. The van der Waals surface area contributed by atoms with E-state index in [1.807, 2.05) is 0 Å². The molecule has 5 heteroatoms. The molecule has 0 aliphatic heterocycles. The maximum Gasteiger partial charge on any atom is 0.256 e. The monoisotopic (exact) mass is 211 g/mol. The summed E-state index contributed by atoms with van der Waals surface area (Å²) in [5.41, 5.74) is 0. The molecular weight excluding hydrogens is 201 g/mol. The van der Waals surface area contributed by atoms with Crippen molar-refractivity contribution < 1.29 is 9.90 Å². The number of aliphatic hydroxyl groups excluding tert-OH is 1. The van der Waals surface area contributed by atoms with Crippen LogP contribution in [0, 0.1) is 0 Å². The number of halogens is 2. The van der Waals surface area contributed by atoms with E-state index in [9.17, 15) is 4.79 Å². The number of rotatable bonds is 2. The zero-order chi connectivity index (χ0) is 9.35. The lowest BCUT2D eigenvalue weighted by atomic mass is 9.89. The molecule has 0 aromatic carbocycles. The predicted molar refractivity (Wildman–Crippen MR) is 47.3 cm³/mol. The number of alkyl halides is 2. The molecule has 1 aliphatic rings. The van der Waals surface area contributed by atoms with Crippen LogP contribution in [0.2, 0.25) is 0 Å². The van der Waals surface area contributed by atoms with Gasteiger partial charge in [0.25, 0.3) is 5.91 Å². The smallest absolute Gasteiger partial charge is 0.256 e. The van der Waals surface area contributed by atoms with E-state index >= 15 is 0 Å². The van der Waals surface area contributed by atoms with Crippen molar-refractivity contribution in [2.24, 2.45) is 0 Å². The van der Waals surface area contributed by atoms with Crippen molar-refractivity contribution >= 4 is 29.1 Å². The molecule has 1 aliphatic carbocycles. The van der Waals surface area contributed by atoms with E-state index in [-0.39, 0.29) is 6.04 Å². The molecule has 0 unspecified atom stereocenters. The minimum atomic E-state index is -1.41. The summed E-state index contributed by atoms with van der Waals surface area (Å²) < 4.78 is -1.41. The van der Waals surface area contributed by atoms with Crippen LogP contribution in [-0.4, -0.2) is 27.5 Å². The Labute approximate surface area is 81.0 Å². The third-order valence-electron chi connectivity index (χ3n) is 1.95. The number of carbonyl (C=O) groups is 1. The fourth-order valence-corrected chi connectivity index (χ4v) is 1.05. The summed E-state index contributed by atoms with van der Waals surface area (Å²) in [7, 11) is 0. The Morgan fingerprint density at radius 3 is 2.42 bits per heavy atom. The molecule has 3 nitrogen and oxygen atoms in total. The van der Waals surface area contributed by atoms with Crippen LogP contribution in [0.15, 0.2) is 0 Å². The Hall–Kier alpha value is 0.01000. The van der Waals surface area contributed by atoms with Gasteiger partial charge in [0.05, 0.1) is 12.1 Å². The molecule has 1 rings (SSSR count). The number of nitrogens with one attached hydrogen (secondary N) is 1. The first-order valence-corrected chi connectivity index (χ1v) is 4.53. The van der Waals surface area contributed by atoms with Crippen LogP contribution in [0.25, 0.3) is 0 Å². The van der Waals surface area contributed by atoms with Crippen LogP contribution in [0.1, 0.15) is 19.8 Å². The van der Waals surface area contributed by atoms with Crippen molar-refractivity contribution in [3.05, 3.63) is 0 Å². The summed E-state index contributed by atoms with van der Waals surface area (Å²) in [5, 5.41) is 11.7. The lowest BCUT2D eigenvalue weighted by molar-refractivity contribution is -0.124. The van der Waals surface area contributed by atoms with Gasteiger partial charge in [-0.15, -0.1) is 0 Å². The minimum Gasteiger partial charge on any atom is -0.391 e. The topological polar surface area (TPSA) is 49.3 Å². The molecule has 0 aromatic rings. The first-order chi connectivity index (χ1) is 5.41. The number of carbonyl (C=O) groups excluding carboxylic acids is 1. The molecule has 2 atom stereocenters. The van der Waals surface area contributed by atoms with E-state index in [2.05, 4.69) is 5.32 Å². The van der Waals surface area contributed by atoms with Gasteiger partial charge in [0.1, 0.15) is 0 Å². The molecular formula is C7H11Cl2NO2. The lowest BCUT2D eigenvalue weighted by Crippen LogP contribution is -2.53. The van der Waals surface area contributed by atoms with Crippen molar-refractivity contribution in [1.82, 2.24) is 5.32 Å². The summed E-state index contributed by atoms with van der Waals surface area (Å²) in [6.07, 6.45) is 1.08. The molecule has 0 bridgehead atoms. The van der Waals surface area contributed by atoms with Crippen LogP contribution in [0.4, 0.5) is 0 Å². The Balaban J connectivity index is 2.36. The number of hydrogen-bond acceptors (Lipinski definition) is 2. The highest BCUT2D eigenvalue weighted by Gasteiger charge is 2.35. The fraction of sp³-hybridized carbons (Fsp3) is 0.857. The molecule has 12 heavy (non-hydrogen) atoms. The van der Waals surface area contributed by atoms with Gasteiger partial charge in [0.15, 0.2) is 4.33 Å². The molecule has 1 amide bonds. The maximum absolute atomic E-state index is 11.1. The van der Waals surface area contributed by atoms with Crippen molar-refractivity contribution in [2.75, 3.05) is 0 Å². The molecule has 0 radical (unpaired) electrons. The van der Waals surface area contributed by atoms with Crippen LogP contribution in [-0.2, 0) is 4.79 Å². The second kappa shape index (κ2) is 3.40. The number of amides is 1. The lowest BCUT2D eigenvalue weighted by Gasteiger charge is -2.34. The number of hydrogen-bond donors (Lipinski definition) is 2. The molecule has 70 valence electrons. The van der Waals surface area contributed by atoms with Crippen LogP contribution in [0.5, 0.6) is 0 Å². The highest BCUT2D eigenvalue weighted by molar-refractivity contribution is 6.57. The first kappa shape index (κ1) is 10.1. The van der Waals surface area contributed by atoms with Crippen molar-refractivity contribution in [2.45, 2.75) is 36.2 Å². The predicted octanol–water partition coefficient (Wildman–Crippen LogP) is 0.820. The van der Waals surface area contributed by atoms with Gasteiger partial charge in [-0.25, -0.2) is 0 Å². The highest BCUT2D eigenvalue weighted by Crippen LogP contribution is 2.24. The van der Waals surface area contributed by atoms with Crippen molar-refractivity contribution in [3.8, 4) is 0 Å². The Morgan fingerprint density at radius 1 is 1.58 bits per heavy atom. The third kappa shape index (κ3) is 2.25. The Morgan fingerprint density at radius 2 is 2.17 bits per heavy atom. The van der Waals surface area contributed by atoms with Crippen LogP contribution in [0.3, 0.4) is 0 Å². The van der Waals surface area contributed by atoms with Gasteiger partial charge in [-0.2, -0.15) is 0 Å². The quantitative estimate of drug-likeness (QED) is 0.665. The average Bonchev–Trinajstić information content (AvgIpc) is 1.95. The molecule has 2 N–H and O–H groups in total. The summed E-state index contributed by atoms with van der Waals surface area (Å²) in [4.78, 5) is 11.1. The van der Waals surface area contributed by atoms with Gasteiger partial charge < -0.3 is 10.4 Å². The van der Waals surface area contributed by atoms with E-state index in [0.29, 0.717) is 0 Å². The molecule has 0 heterocycles. The third-order valence-corrected chi connectivity index (χ3v) is 2.30. The standard InChI is InChI=1S/C7H11Cl2NO2/c1-7(8,9)6(12)10-4-2-3-5(4)11/h4-5,11H,2-3H2,1H3,(H,10,12)/t4-,5-/m1/s1. The van der Waals surface area contributed by atoms with Gasteiger partial charge in [0, 0.05) is 0 Å². The van der Waals surface area contributed by atoms with E-state index in [0.717, 1.165) is 12.8 Å². The van der Waals surface area contributed by atoms with Gasteiger partial charge >= 0.3 is 0 Å². The minimum absolute atomic E-state index is 0.172. The second-order valence-corrected chi connectivity index (χ2v) is 4.82. The SMILES string of the molecule is CC(Cl)(Cl)C(=O)N[C@@H]1CC[C@H]1O. The molecule has 1 saturated carbocycles. The normalized spacial score (nSPS) is 29.3. The second-order valence-electron chi connectivity index (χ2n) is 3.11. The Bertz CT molecular complexity index is 190. The number of aliphatic hydroxyl groups is 1. The molecule has 0 spiro atoms. The van der Waals surface area contributed by atoms with Crippen molar-refractivity contribution in [1.29, 1.82) is 0 Å². The molecule has 0 saturated heterocycles. The van der Waals surface area contributed by atoms with Gasteiger partial charge in [-0.1, -0.05) is 23.2 Å². The maximum atomic E-state index is 11.1. The first-order valence-electron chi connectivity index (χ1n) is 3.78. The zero-order valence-electron chi connectivity index (χ0n) is 6.68. The van der Waals surface area contributed by atoms with E-state index in [1.165, 1.54) is 6.92 Å². The van der Waals surface area contributed by atoms with Gasteiger partial charge in [-0.05, 0) is 19.8 Å². The van der Waals surface area contributed by atoms with E-state index < -0.39 is 16.3 Å². The van der Waals surface area contributed by atoms with Gasteiger partial charge in [0.2, 0.25) is 0 Å². The highest BCUT2D eigenvalue weighted by atomic mass is 35.5.